The van der Waals surface area contributed by atoms with Crippen molar-refractivity contribution in [1.82, 2.24) is 5.32 Å². The molecule has 1 N–H and O–H groups in total. The second kappa shape index (κ2) is 7.28. The molecule has 1 unspecified atom stereocenters. The average Bonchev–Trinajstić information content (AvgIpc) is 2.52. The van der Waals surface area contributed by atoms with E-state index in [9.17, 15) is 18.0 Å². The number of carbonyl (C=O) groups excluding carboxylic acids is 1. The summed E-state index contributed by atoms with van der Waals surface area (Å²) in [7, 11) is 1.18. The van der Waals surface area contributed by atoms with Gasteiger partial charge in [-0.15, -0.1) is 0 Å². The van der Waals surface area contributed by atoms with Crippen molar-refractivity contribution in [1.29, 1.82) is 0 Å². The van der Waals surface area contributed by atoms with Gasteiger partial charge in [-0.25, -0.2) is 18.0 Å². The van der Waals surface area contributed by atoms with Crippen molar-refractivity contribution in [3.05, 3.63) is 70.5 Å². The van der Waals surface area contributed by atoms with E-state index in [0.717, 1.165) is 6.07 Å². The predicted molar refractivity (Wildman–Crippen MR) is 79.4 cm³/mol. The maximum atomic E-state index is 13.8. The van der Waals surface area contributed by atoms with Crippen molar-refractivity contribution in [2.45, 2.75) is 19.5 Å². The highest BCUT2D eigenvalue weighted by Crippen LogP contribution is 2.19. The first-order valence-electron chi connectivity index (χ1n) is 6.97. The molecule has 0 spiro atoms. The molecule has 2 aromatic carbocycles. The van der Waals surface area contributed by atoms with Crippen LogP contribution < -0.4 is 5.32 Å². The Balaban J connectivity index is 2.05. The van der Waals surface area contributed by atoms with E-state index in [0.29, 0.717) is 11.1 Å². The number of ether oxygens (including phenoxy) is 1. The molecule has 6 heteroatoms. The Hall–Kier alpha value is -2.34. The summed E-state index contributed by atoms with van der Waals surface area (Å²) in [6.45, 7) is 1.98. The van der Waals surface area contributed by atoms with Crippen LogP contribution in [0.1, 0.15) is 34.5 Å². The molecular weight excluding hydrogens is 307 g/mol. The number of methoxy groups -OCH3 is 1. The van der Waals surface area contributed by atoms with E-state index in [1.54, 1.807) is 13.0 Å². The minimum atomic E-state index is -0.747. The molecule has 1 atom stereocenters. The van der Waals surface area contributed by atoms with Gasteiger partial charge in [0.2, 0.25) is 0 Å². The molecule has 0 saturated heterocycles. The maximum absolute atomic E-state index is 13.8. The van der Waals surface area contributed by atoms with Gasteiger partial charge in [0.1, 0.15) is 17.5 Å². The molecule has 0 saturated carbocycles. The molecule has 0 radical (unpaired) electrons. The SMILES string of the molecule is COC(=O)c1ccc(CNC(C)c2ccc(F)cc2F)cc1F. The molecule has 0 amide bonds. The second-order valence-electron chi connectivity index (χ2n) is 5.07. The Labute approximate surface area is 132 Å². The number of benzene rings is 2. The third kappa shape index (κ3) is 4.10. The highest BCUT2D eigenvalue weighted by Gasteiger charge is 2.14. The van der Waals surface area contributed by atoms with Crippen LogP contribution in [0.3, 0.4) is 0 Å². The van der Waals surface area contributed by atoms with Crippen LogP contribution in [-0.4, -0.2) is 13.1 Å². The number of nitrogens with one attached hydrogen (secondary N) is 1. The molecule has 122 valence electrons. The van der Waals surface area contributed by atoms with Crippen LogP contribution in [0, 0.1) is 17.5 Å². The lowest BCUT2D eigenvalue weighted by molar-refractivity contribution is 0.0595. The van der Waals surface area contributed by atoms with Crippen molar-refractivity contribution < 1.29 is 22.7 Å². The highest BCUT2D eigenvalue weighted by atomic mass is 19.1. The van der Waals surface area contributed by atoms with Crippen molar-refractivity contribution in [3.8, 4) is 0 Å². The zero-order chi connectivity index (χ0) is 17.0. The first kappa shape index (κ1) is 17.0. The zero-order valence-corrected chi connectivity index (χ0v) is 12.7. The third-order valence-corrected chi connectivity index (χ3v) is 3.48. The first-order valence-corrected chi connectivity index (χ1v) is 6.97. The molecule has 23 heavy (non-hydrogen) atoms. The van der Waals surface area contributed by atoms with Crippen molar-refractivity contribution in [3.63, 3.8) is 0 Å². The Morgan fingerprint density at radius 1 is 1.13 bits per heavy atom. The molecule has 2 aromatic rings. The number of esters is 1. The lowest BCUT2D eigenvalue weighted by Gasteiger charge is -2.15. The van der Waals surface area contributed by atoms with E-state index in [4.69, 9.17) is 0 Å². The lowest BCUT2D eigenvalue weighted by Crippen LogP contribution is -2.19. The smallest absolute Gasteiger partial charge is 0.340 e. The molecule has 3 nitrogen and oxygen atoms in total. The standard InChI is InChI=1S/C17H16F3NO2/c1-10(13-6-4-12(18)8-16(13)20)21-9-11-3-5-14(15(19)7-11)17(22)23-2/h3-8,10,21H,9H2,1-2H3. The highest BCUT2D eigenvalue weighted by molar-refractivity contribution is 5.89. The average molecular weight is 323 g/mol. The summed E-state index contributed by atoms with van der Waals surface area (Å²) in [5, 5.41) is 3.02. The molecule has 0 fully saturated rings. The minimum Gasteiger partial charge on any atom is -0.465 e. The van der Waals surface area contributed by atoms with E-state index in [2.05, 4.69) is 10.1 Å². The number of hydrogen-bond acceptors (Lipinski definition) is 3. The molecule has 0 aliphatic heterocycles. The molecular formula is C17H16F3NO2. The second-order valence-corrected chi connectivity index (χ2v) is 5.07. The Morgan fingerprint density at radius 2 is 1.87 bits per heavy atom. The molecule has 2 rings (SSSR count). The van der Waals surface area contributed by atoms with E-state index in [1.807, 2.05) is 0 Å². The van der Waals surface area contributed by atoms with Gasteiger partial charge in [0, 0.05) is 24.2 Å². The molecule has 0 aromatic heterocycles. The van der Waals surface area contributed by atoms with Crippen molar-refractivity contribution in [2.75, 3.05) is 7.11 Å². The Morgan fingerprint density at radius 3 is 2.48 bits per heavy atom. The zero-order valence-electron chi connectivity index (χ0n) is 12.7. The summed E-state index contributed by atoms with van der Waals surface area (Å²) in [5.74, 6) is -2.71. The van der Waals surface area contributed by atoms with Crippen LogP contribution >= 0.6 is 0 Å². The topological polar surface area (TPSA) is 38.3 Å². The van der Waals surface area contributed by atoms with E-state index in [-0.39, 0.29) is 18.2 Å². The van der Waals surface area contributed by atoms with Crippen LogP contribution in [0.15, 0.2) is 36.4 Å². The van der Waals surface area contributed by atoms with Gasteiger partial charge >= 0.3 is 5.97 Å². The van der Waals surface area contributed by atoms with Gasteiger partial charge in [-0.2, -0.15) is 0 Å². The number of rotatable bonds is 5. The van der Waals surface area contributed by atoms with Crippen molar-refractivity contribution >= 4 is 5.97 Å². The van der Waals surface area contributed by atoms with Crippen LogP contribution in [0.2, 0.25) is 0 Å². The van der Waals surface area contributed by atoms with Gasteiger partial charge in [-0.05, 0) is 30.7 Å². The van der Waals surface area contributed by atoms with E-state index >= 15 is 0 Å². The first-order chi connectivity index (χ1) is 10.9. The van der Waals surface area contributed by atoms with Gasteiger partial charge in [0.05, 0.1) is 12.7 Å². The molecule has 0 aliphatic rings. The quantitative estimate of drug-likeness (QED) is 0.852. The number of hydrogen-bond donors (Lipinski definition) is 1. The van der Waals surface area contributed by atoms with Gasteiger partial charge < -0.3 is 10.1 Å². The molecule has 0 aliphatic carbocycles. The number of halogens is 3. The van der Waals surface area contributed by atoms with Crippen LogP contribution in [-0.2, 0) is 11.3 Å². The summed E-state index contributed by atoms with van der Waals surface area (Å²) in [4.78, 5) is 11.3. The molecule has 0 heterocycles. The summed E-state index contributed by atoms with van der Waals surface area (Å²) >= 11 is 0. The Bertz CT molecular complexity index is 719. The number of carbonyl (C=O) groups is 1. The molecule has 0 bridgehead atoms. The van der Waals surface area contributed by atoms with E-state index < -0.39 is 23.4 Å². The minimum absolute atomic E-state index is 0.145. The van der Waals surface area contributed by atoms with Gasteiger partial charge in [0.15, 0.2) is 0 Å². The summed E-state index contributed by atoms with van der Waals surface area (Å²) in [6, 6.07) is 7.10. The largest absolute Gasteiger partial charge is 0.465 e. The monoisotopic (exact) mass is 323 g/mol. The predicted octanol–water partition coefficient (Wildman–Crippen LogP) is 3.74. The van der Waals surface area contributed by atoms with Gasteiger partial charge in [0.25, 0.3) is 0 Å². The third-order valence-electron chi connectivity index (χ3n) is 3.48. The Kier molecular flexibility index (Phi) is 5.39. The normalized spacial score (nSPS) is 12.0. The van der Waals surface area contributed by atoms with Gasteiger partial charge in [-0.1, -0.05) is 12.1 Å². The van der Waals surface area contributed by atoms with Crippen molar-refractivity contribution in [2.24, 2.45) is 0 Å². The summed E-state index contributed by atoms with van der Waals surface area (Å²) in [5.41, 5.74) is 0.761. The van der Waals surface area contributed by atoms with Crippen LogP contribution in [0.4, 0.5) is 13.2 Å². The van der Waals surface area contributed by atoms with E-state index in [1.165, 1.54) is 31.4 Å². The van der Waals surface area contributed by atoms with Crippen LogP contribution in [0.25, 0.3) is 0 Å². The summed E-state index contributed by atoms with van der Waals surface area (Å²) in [6.07, 6.45) is 0. The fraction of sp³-hybridized carbons (Fsp3) is 0.235. The van der Waals surface area contributed by atoms with Gasteiger partial charge in [-0.3, -0.25) is 0 Å². The van der Waals surface area contributed by atoms with Crippen LogP contribution in [0.5, 0.6) is 0 Å². The summed E-state index contributed by atoms with van der Waals surface area (Å²) < 4.78 is 44.9. The fourth-order valence-electron chi connectivity index (χ4n) is 2.18. The maximum Gasteiger partial charge on any atom is 0.340 e. The lowest BCUT2D eigenvalue weighted by atomic mass is 10.1. The fourth-order valence-corrected chi connectivity index (χ4v) is 2.18.